The number of fused-ring (bicyclic) bond motifs is 1. The van der Waals surface area contributed by atoms with Crippen LogP contribution in [0.5, 0.6) is 11.5 Å². The Labute approximate surface area is 149 Å². The van der Waals surface area contributed by atoms with Gasteiger partial charge in [0.15, 0.2) is 11.5 Å². The van der Waals surface area contributed by atoms with Crippen molar-refractivity contribution in [1.29, 1.82) is 0 Å². The van der Waals surface area contributed by atoms with E-state index < -0.39 is 0 Å². The van der Waals surface area contributed by atoms with E-state index in [1.165, 1.54) is 0 Å². The van der Waals surface area contributed by atoms with Crippen molar-refractivity contribution in [2.75, 3.05) is 6.79 Å². The van der Waals surface area contributed by atoms with E-state index >= 15 is 0 Å². The molecule has 1 aromatic heterocycles. The molecule has 3 N–H and O–H groups in total. The average molecular weight is 351 g/mol. The van der Waals surface area contributed by atoms with Gasteiger partial charge in [-0.15, -0.1) is 10.2 Å². The van der Waals surface area contributed by atoms with Crippen LogP contribution in [-0.2, 0) is 11.2 Å². The standard InChI is InChI=1S/C18H17N5O3/c19-17(24)9-14(6-11-4-5-15-16(7-11)26-10-25-15)12-2-1-3-13(8-12)18-20-22-23-21-18/h1-5,7-8,14H,6,9-10H2,(H2,19,24)(H,20,21,22,23). The van der Waals surface area contributed by atoms with Gasteiger partial charge in [-0.1, -0.05) is 24.3 Å². The summed E-state index contributed by atoms with van der Waals surface area (Å²) in [6.45, 7) is 0.232. The topological polar surface area (TPSA) is 116 Å². The number of hydrogen-bond donors (Lipinski definition) is 2. The molecule has 1 aliphatic rings. The van der Waals surface area contributed by atoms with Gasteiger partial charge in [0.2, 0.25) is 18.5 Å². The summed E-state index contributed by atoms with van der Waals surface area (Å²) in [5.41, 5.74) is 8.35. The van der Waals surface area contributed by atoms with Gasteiger partial charge < -0.3 is 15.2 Å². The number of H-pyrrole nitrogens is 1. The molecule has 26 heavy (non-hydrogen) atoms. The number of nitrogens with two attached hydrogens (primary N) is 1. The Morgan fingerprint density at radius 2 is 2.08 bits per heavy atom. The summed E-state index contributed by atoms with van der Waals surface area (Å²) in [5, 5.41) is 14.0. The second-order valence-corrected chi connectivity index (χ2v) is 6.12. The van der Waals surface area contributed by atoms with E-state index in [0.717, 1.165) is 28.2 Å². The van der Waals surface area contributed by atoms with Crippen molar-refractivity contribution < 1.29 is 14.3 Å². The zero-order valence-corrected chi connectivity index (χ0v) is 13.9. The quantitative estimate of drug-likeness (QED) is 0.699. The maximum atomic E-state index is 11.6. The van der Waals surface area contributed by atoms with Crippen LogP contribution in [0.2, 0.25) is 0 Å². The molecule has 8 nitrogen and oxygen atoms in total. The molecule has 0 bridgehead atoms. The van der Waals surface area contributed by atoms with Crippen molar-refractivity contribution in [2.45, 2.75) is 18.8 Å². The summed E-state index contributed by atoms with van der Waals surface area (Å²) in [4.78, 5) is 11.6. The molecule has 4 rings (SSSR count). The highest BCUT2D eigenvalue weighted by atomic mass is 16.7. The Hall–Kier alpha value is -3.42. The average Bonchev–Trinajstić information content (AvgIpc) is 3.32. The fourth-order valence-corrected chi connectivity index (χ4v) is 3.12. The third kappa shape index (κ3) is 3.34. The summed E-state index contributed by atoms with van der Waals surface area (Å²) in [6, 6.07) is 13.6. The molecule has 0 aliphatic carbocycles. The molecule has 1 aliphatic heterocycles. The molecule has 1 unspecified atom stereocenters. The summed E-state index contributed by atoms with van der Waals surface area (Å²) in [6.07, 6.45) is 0.888. The maximum absolute atomic E-state index is 11.6. The Balaban J connectivity index is 1.63. The third-order valence-electron chi connectivity index (χ3n) is 4.33. The molecule has 2 heterocycles. The number of aromatic nitrogens is 4. The number of nitrogens with one attached hydrogen (secondary N) is 1. The summed E-state index contributed by atoms with van der Waals surface area (Å²) in [5.74, 6) is 1.55. The largest absolute Gasteiger partial charge is 0.454 e. The van der Waals surface area contributed by atoms with Crippen molar-refractivity contribution in [2.24, 2.45) is 5.73 Å². The number of primary amides is 1. The fraction of sp³-hybridized carbons (Fsp3) is 0.222. The molecular weight excluding hydrogens is 334 g/mol. The molecule has 0 saturated carbocycles. The molecule has 0 saturated heterocycles. The van der Waals surface area contributed by atoms with E-state index in [-0.39, 0.29) is 25.0 Å². The lowest BCUT2D eigenvalue weighted by atomic mass is 9.88. The number of aromatic amines is 1. The Kier molecular flexibility index (Phi) is 4.22. The minimum absolute atomic E-state index is 0.0697. The molecule has 8 heteroatoms. The second kappa shape index (κ2) is 6.83. The highest BCUT2D eigenvalue weighted by Crippen LogP contribution is 2.35. The van der Waals surface area contributed by atoms with Crippen molar-refractivity contribution >= 4 is 5.91 Å². The first-order valence-electron chi connectivity index (χ1n) is 8.19. The van der Waals surface area contributed by atoms with Gasteiger partial charge in [-0.2, -0.15) is 5.21 Å². The van der Waals surface area contributed by atoms with Gasteiger partial charge in [-0.3, -0.25) is 4.79 Å². The second-order valence-electron chi connectivity index (χ2n) is 6.12. The van der Waals surface area contributed by atoms with Gasteiger partial charge in [-0.25, -0.2) is 0 Å². The van der Waals surface area contributed by atoms with Crippen LogP contribution in [0.3, 0.4) is 0 Å². The first kappa shape index (κ1) is 16.1. The van der Waals surface area contributed by atoms with Crippen molar-refractivity contribution in [3.63, 3.8) is 0 Å². The number of nitrogens with zero attached hydrogens (tertiary/aromatic N) is 3. The van der Waals surface area contributed by atoms with E-state index in [4.69, 9.17) is 15.2 Å². The molecule has 1 atom stereocenters. The number of hydrogen-bond acceptors (Lipinski definition) is 6. The minimum atomic E-state index is -0.347. The zero-order chi connectivity index (χ0) is 17.9. The van der Waals surface area contributed by atoms with Gasteiger partial charge in [0.25, 0.3) is 0 Å². The van der Waals surface area contributed by atoms with Crippen molar-refractivity contribution in [1.82, 2.24) is 20.6 Å². The summed E-state index contributed by atoms with van der Waals surface area (Å²) < 4.78 is 10.8. The summed E-state index contributed by atoms with van der Waals surface area (Å²) >= 11 is 0. The van der Waals surface area contributed by atoms with Gasteiger partial charge in [0, 0.05) is 12.0 Å². The van der Waals surface area contributed by atoms with Crippen LogP contribution in [0.1, 0.15) is 23.5 Å². The fourth-order valence-electron chi connectivity index (χ4n) is 3.12. The lowest BCUT2D eigenvalue weighted by Gasteiger charge is -2.17. The molecule has 0 fully saturated rings. The van der Waals surface area contributed by atoms with E-state index in [1.54, 1.807) is 0 Å². The molecular formula is C18H17N5O3. The van der Waals surface area contributed by atoms with Gasteiger partial charge in [0.1, 0.15) is 0 Å². The lowest BCUT2D eigenvalue weighted by molar-refractivity contribution is -0.118. The van der Waals surface area contributed by atoms with Crippen LogP contribution in [0, 0.1) is 0 Å². The molecule has 2 aromatic carbocycles. The number of rotatable bonds is 6. The van der Waals surface area contributed by atoms with E-state index in [9.17, 15) is 4.79 Å². The number of tetrazole rings is 1. The SMILES string of the molecule is NC(=O)CC(Cc1ccc2c(c1)OCO2)c1cccc(-c2nn[nH]n2)c1. The van der Waals surface area contributed by atoms with E-state index in [1.807, 2.05) is 42.5 Å². The minimum Gasteiger partial charge on any atom is -0.454 e. The van der Waals surface area contributed by atoms with Crippen LogP contribution in [0.4, 0.5) is 0 Å². The Bertz CT molecular complexity index is 926. The van der Waals surface area contributed by atoms with Gasteiger partial charge >= 0.3 is 0 Å². The monoisotopic (exact) mass is 351 g/mol. The van der Waals surface area contributed by atoms with E-state index in [2.05, 4.69) is 20.6 Å². The Morgan fingerprint density at radius 1 is 1.19 bits per heavy atom. The van der Waals surface area contributed by atoms with Crippen LogP contribution >= 0.6 is 0 Å². The number of carbonyl (C=O) groups excluding carboxylic acids is 1. The van der Waals surface area contributed by atoms with E-state index in [0.29, 0.717) is 12.2 Å². The first-order valence-corrected chi connectivity index (χ1v) is 8.19. The highest BCUT2D eigenvalue weighted by Gasteiger charge is 2.19. The summed E-state index contributed by atoms with van der Waals surface area (Å²) in [7, 11) is 0. The van der Waals surface area contributed by atoms with Crippen LogP contribution < -0.4 is 15.2 Å². The molecule has 0 radical (unpaired) electrons. The molecule has 3 aromatic rings. The molecule has 132 valence electrons. The highest BCUT2D eigenvalue weighted by molar-refractivity contribution is 5.75. The molecule has 0 spiro atoms. The van der Waals surface area contributed by atoms with Crippen molar-refractivity contribution in [3.05, 3.63) is 53.6 Å². The number of amides is 1. The predicted octanol–water partition coefficient (Wildman–Crippen LogP) is 1.80. The normalized spacial score (nSPS) is 13.5. The predicted molar refractivity (Wildman–Crippen MR) is 92.4 cm³/mol. The third-order valence-corrected chi connectivity index (χ3v) is 4.33. The van der Waals surface area contributed by atoms with Crippen molar-refractivity contribution in [3.8, 4) is 22.9 Å². The lowest BCUT2D eigenvalue weighted by Crippen LogP contribution is -2.17. The number of ether oxygens (including phenoxy) is 2. The smallest absolute Gasteiger partial charge is 0.231 e. The number of benzene rings is 2. The maximum Gasteiger partial charge on any atom is 0.231 e. The van der Waals surface area contributed by atoms with Crippen LogP contribution in [0.15, 0.2) is 42.5 Å². The Morgan fingerprint density at radius 3 is 2.88 bits per heavy atom. The first-order chi connectivity index (χ1) is 12.7. The number of carbonyl (C=O) groups is 1. The van der Waals surface area contributed by atoms with Crippen LogP contribution in [0.25, 0.3) is 11.4 Å². The van der Waals surface area contributed by atoms with Gasteiger partial charge in [-0.05, 0) is 46.9 Å². The van der Waals surface area contributed by atoms with Crippen LogP contribution in [-0.4, -0.2) is 33.3 Å². The van der Waals surface area contributed by atoms with Gasteiger partial charge in [0.05, 0.1) is 0 Å². The molecule has 1 amide bonds. The zero-order valence-electron chi connectivity index (χ0n) is 13.9.